The van der Waals surface area contributed by atoms with Crippen molar-refractivity contribution in [1.82, 2.24) is 0 Å². The maximum Gasteiger partial charge on any atom is 0.306 e. The van der Waals surface area contributed by atoms with Gasteiger partial charge in [-0.2, -0.15) is 17.2 Å². The van der Waals surface area contributed by atoms with Crippen LogP contribution in [0, 0.1) is 6.92 Å². The standard InChI is InChI=1S/C14H19F3O5S2/c1-11-2-4-12(5-3-11)24(20,21)22-23(8-6-18,9-7-19)10-13(15)14(16)17/h2-5,18-19H,6-10H2,1H3. The molecule has 1 aromatic carbocycles. The van der Waals surface area contributed by atoms with E-state index in [1.807, 2.05) is 0 Å². The quantitative estimate of drug-likeness (QED) is 0.679. The summed E-state index contributed by atoms with van der Waals surface area (Å²) in [6.07, 6.45) is -2.58. The molecule has 1 rings (SSSR count). The summed E-state index contributed by atoms with van der Waals surface area (Å²) in [6, 6.07) is 5.59. The first kappa shape index (κ1) is 21.0. The molecule has 0 fully saturated rings. The molecule has 0 bridgehead atoms. The van der Waals surface area contributed by atoms with Gasteiger partial charge in [0.2, 0.25) is 0 Å². The molecule has 0 radical (unpaired) electrons. The Kier molecular flexibility index (Phi) is 7.74. The summed E-state index contributed by atoms with van der Waals surface area (Å²) in [5.41, 5.74) is 0.798. The second kappa shape index (κ2) is 8.86. The molecule has 24 heavy (non-hydrogen) atoms. The van der Waals surface area contributed by atoms with E-state index < -0.39 is 51.3 Å². The van der Waals surface area contributed by atoms with E-state index in [-0.39, 0.29) is 16.4 Å². The lowest BCUT2D eigenvalue weighted by molar-refractivity contribution is 0.312. The number of benzene rings is 1. The molecule has 138 valence electrons. The molecule has 0 saturated heterocycles. The Morgan fingerprint density at radius 3 is 1.96 bits per heavy atom. The van der Waals surface area contributed by atoms with Gasteiger partial charge in [0.05, 0.1) is 23.9 Å². The fourth-order valence-electron chi connectivity index (χ4n) is 1.89. The van der Waals surface area contributed by atoms with E-state index >= 15 is 0 Å². The van der Waals surface area contributed by atoms with Gasteiger partial charge in [0.25, 0.3) is 0 Å². The maximum absolute atomic E-state index is 13.4. The van der Waals surface area contributed by atoms with Gasteiger partial charge in [-0.15, -0.1) is 10.3 Å². The molecule has 0 amide bonds. The second-order valence-electron chi connectivity index (χ2n) is 4.97. The van der Waals surface area contributed by atoms with Crippen molar-refractivity contribution in [3.8, 4) is 0 Å². The molecule has 0 aliphatic rings. The van der Waals surface area contributed by atoms with Crippen LogP contribution in [-0.4, -0.2) is 49.1 Å². The van der Waals surface area contributed by atoms with Crippen molar-refractivity contribution in [3.63, 3.8) is 0 Å². The van der Waals surface area contributed by atoms with Crippen molar-refractivity contribution in [3.05, 3.63) is 41.7 Å². The van der Waals surface area contributed by atoms with Gasteiger partial charge >= 0.3 is 16.2 Å². The minimum absolute atomic E-state index is 0.217. The monoisotopic (exact) mass is 388 g/mol. The van der Waals surface area contributed by atoms with E-state index in [4.69, 9.17) is 13.8 Å². The van der Waals surface area contributed by atoms with E-state index in [9.17, 15) is 21.6 Å². The van der Waals surface area contributed by atoms with Crippen LogP contribution in [0.15, 0.2) is 41.1 Å². The highest BCUT2D eigenvalue weighted by Gasteiger charge is 2.34. The number of halogens is 3. The van der Waals surface area contributed by atoms with E-state index in [1.54, 1.807) is 6.92 Å². The molecule has 0 aliphatic heterocycles. The van der Waals surface area contributed by atoms with Crippen LogP contribution in [0.3, 0.4) is 0 Å². The molecule has 0 aliphatic carbocycles. The molecule has 0 unspecified atom stereocenters. The number of aryl methyl sites for hydroxylation is 1. The third-order valence-corrected chi connectivity index (χ3v) is 8.42. The van der Waals surface area contributed by atoms with Gasteiger partial charge in [-0.25, -0.2) is 8.02 Å². The number of aliphatic hydroxyl groups is 2. The summed E-state index contributed by atoms with van der Waals surface area (Å²) in [6.45, 7) is 0.550. The van der Waals surface area contributed by atoms with Crippen LogP contribution < -0.4 is 0 Å². The van der Waals surface area contributed by atoms with Gasteiger partial charge < -0.3 is 10.2 Å². The molecule has 10 heteroatoms. The minimum Gasteiger partial charge on any atom is -0.395 e. The van der Waals surface area contributed by atoms with E-state index in [1.165, 1.54) is 24.3 Å². The van der Waals surface area contributed by atoms with Gasteiger partial charge in [-0.1, -0.05) is 17.7 Å². The molecule has 0 heterocycles. The van der Waals surface area contributed by atoms with Crippen molar-refractivity contribution in [2.45, 2.75) is 11.8 Å². The van der Waals surface area contributed by atoms with Gasteiger partial charge in [0.1, 0.15) is 0 Å². The first-order valence-corrected chi connectivity index (χ1v) is 10.3. The van der Waals surface area contributed by atoms with Crippen LogP contribution in [-0.2, 0) is 13.7 Å². The first-order chi connectivity index (χ1) is 11.2. The highest BCUT2D eigenvalue weighted by Crippen LogP contribution is 2.53. The Morgan fingerprint density at radius 1 is 1.04 bits per heavy atom. The van der Waals surface area contributed by atoms with Crippen molar-refractivity contribution in [2.24, 2.45) is 0 Å². The van der Waals surface area contributed by atoms with Gasteiger partial charge in [-0.3, -0.25) is 0 Å². The Hall–Kier alpha value is -1.07. The summed E-state index contributed by atoms with van der Waals surface area (Å²) in [7, 11) is -7.43. The van der Waals surface area contributed by atoms with Crippen LogP contribution >= 0.6 is 10.3 Å². The molecule has 0 spiro atoms. The fraction of sp³-hybridized carbons (Fsp3) is 0.429. The summed E-state index contributed by atoms with van der Waals surface area (Å²) >= 11 is 0. The minimum atomic E-state index is -4.37. The third kappa shape index (κ3) is 5.78. The number of hydrogen-bond donors (Lipinski definition) is 2. The zero-order chi connectivity index (χ0) is 18.4. The second-order valence-corrected chi connectivity index (χ2v) is 9.93. The Morgan fingerprint density at radius 2 is 1.54 bits per heavy atom. The summed E-state index contributed by atoms with van der Waals surface area (Å²) < 4.78 is 68.1. The highest BCUT2D eigenvalue weighted by molar-refractivity contribution is 8.33. The zero-order valence-electron chi connectivity index (χ0n) is 12.9. The van der Waals surface area contributed by atoms with Crippen LogP contribution in [0.2, 0.25) is 0 Å². The Balaban J connectivity index is 3.23. The van der Waals surface area contributed by atoms with Crippen LogP contribution in [0.25, 0.3) is 0 Å². The summed E-state index contributed by atoms with van der Waals surface area (Å²) in [5, 5.41) is 18.2. The number of rotatable bonds is 9. The number of hydrogen-bond acceptors (Lipinski definition) is 5. The molecule has 0 saturated carbocycles. The van der Waals surface area contributed by atoms with Crippen LogP contribution in [0.4, 0.5) is 13.2 Å². The van der Waals surface area contributed by atoms with Gasteiger partial charge in [0, 0.05) is 11.5 Å². The smallest absolute Gasteiger partial charge is 0.306 e. The average Bonchev–Trinajstić information content (AvgIpc) is 2.47. The maximum atomic E-state index is 13.4. The lowest BCUT2D eigenvalue weighted by atomic mass is 10.2. The van der Waals surface area contributed by atoms with Crippen LogP contribution in [0.5, 0.6) is 0 Å². The average molecular weight is 388 g/mol. The van der Waals surface area contributed by atoms with E-state index in [2.05, 4.69) is 0 Å². The summed E-state index contributed by atoms with van der Waals surface area (Å²) in [5.74, 6) is -3.54. The van der Waals surface area contributed by atoms with Crippen molar-refractivity contribution < 1.29 is 35.4 Å². The third-order valence-electron chi connectivity index (χ3n) is 3.06. The summed E-state index contributed by atoms with van der Waals surface area (Å²) in [4.78, 5) is -0.217. The van der Waals surface area contributed by atoms with Crippen molar-refractivity contribution >= 4 is 20.4 Å². The Bertz CT molecular complexity index is 664. The molecular weight excluding hydrogens is 369 g/mol. The van der Waals surface area contributed by atoms with Crippen molar-refractivity contribution in [2.75, 3.05) is 30.5 Å². The van der Waals surface area contributed by atoms with Gasteiger partial charge in [-0.05, 0) is 19.1 Å². The molecule has 2 N–H and O–H groups in total. The van der Waals surface area contributed by atoms with Gasteiger partial charge in [0.15, 0.2) is 5.83 Å². The van der Waals surface area contributed by atoms with Crippen LogP contribution in [0.1, 0.15) is 5.56 Å². The Labute approximate surface area is 140 Å². The number of aliphatic hydroxyl groups excluding tert-OH is 2. The molecule has 5 nitrogen and oxygen atoms in total. The SMILES string of the molecule is Cc1ccc(S(=O)(=O)OS(CCO)(CCO)CC(F)=C(F)F)cc1. The molecule has 0 atom stereocenters. The van der Waals surface area contributed by atoms with E-state index in [0.717, 1.165) is 5.56 Å². The zero-order valence-corrected chi connectivity index (χ0v) is 14.5. The molecule has 1 aromatic rings. The normalized spacial score (nSPS) is 12.9. The largest absolute Gasteiger partial charge is 0.395 e. The highest BCUT2D eigenvalue weighted by atomic mass is 32.3. The lowest BCUT2D eigenvalue weighted by Crippen LogP contribution is -2.24. The van der Waals surface area contributed by atoms with E-state index in [0.29, 0.717) is 0 Å². The topological polar surface area (TPSA) is 83.8 Å². The fourth-order valence-corrected chi connectivity index (χ4v) is 6.66. The molecular formula is C14H19F3O5S2. The predicted octanol–water partition coefficient (Wildman–Crippen LogP) is 2.48. The lowest BCUT2D eigenvalue weighted by Gasteiger charge is -2.36. The molecule has 0 aromatic heterocycles. The first-order valence-electron chi connectivity index (χ1n) is 6.86. The van der Waals surface area contributed by atoms with Crippen molar-refractivity contribution in [1.29, 1.82) is 0 Å². The predicted molar refractivity (Wildman–Crippen MR) is 86.2 cm³/mol.